The molecule has 1 atom stereocenters. The Balaban J connectivity index is 1.71. The lowest BCUT2D eigenvalue weighted by Crippen LogP contribution is -2.32. The molecular formula is C19H25N3O2S. The van der Waals surface area contributed by atoms with Gasteiger partial charge in [-0.1, -0.05) is 30.7 Å². The van der Waals surface area contributed by atoms with Crippen molar-refractivity contribution in [2.45, 2.75) is 32.2 Å². The number of sulfonamides is 1. The first-order valence-electron chi connectivity index (χ1n) is 8.70. The van der Waals surface area contributed by atoms with Crippen LogP contribution in [0.1, 0.15) is 37.8 Å². The van der Waals surface area contributed by atoms with Crippen LogP contribution in [0.3, 0.4) is 0 Å². The molecule has 3 rings (SSSR count). The number of likely N-dealkylation sites (tertiary alicyclic amines) is 1. The van der Waals surface area contributed by atoms with Gasteiger partial charge in [-0.3, -0.25) is 9.62 Å². The van der Waals surface area contributed by atoms with Gasteiger partial charge in [0.2, 0.25) is 10.0 Å². The fourth-order valence-electron chi connectivity index (χ4n) is 3.29. The highest BCUT2D eigenvalue weighted by molar-refractivity contribution is 7.92. The van der Waals surface area contributed by atoms with Gasteiger partial charge < -0.3 is 0 Å². The minimum absolute atomic E-state index is 0.335. The number of anilines is 1. The SMILES string of the molecule is C[C@H](c1ccc(-c2ccc(NS(C)(=O)=O)nc2)cc1)N1CCCCC1. The van der Waals surface area contributed by atoms with E-state index in [1.165, 1.54) is 37.9 Å². The minimum Gasteiger partial charge on any atom is -0.297 e. The fourth-order valence-corrected chi connectivity index (χ4v) is 3.79. The molecule has 0 unspecified atom stereocenters. The summed E-state index contributed by atoms with van der Waals surface area (Å²) in [7, 11) is -3.30. The Kier molecular flexibility index (Phi) is 5.39. The third-order valence-corrected chi connectivity index (χ3v) is 5.30. The van der Waals surface area contributed by atoms with Gasteiger partial charge in [-0.05, 0) is 56.1 Å². The average Bonchev–Trinajstić information content (AvgIpc) is 2.61. The molecule has 25 heavy (non-hydrogen) atoms. The van der Waals surface area contributed by atoms with Crippen molar-refractivity contribution in [3.05, 3.63) is 48.2 Å². The zero-order valence-corrected chi connectivity index (χ0v) is 15.6. The maximum absolute atomic E-state index is 11.2. The Hall–Kier alpha value is -1.92. The van der Waals surface area contributed by atoms with Gasteiger partial charge in [-0.2, -0.15) is 0 Å². The lowest BCUT2D eigenvalue weighted by molar-refractivity contribution is 0.175. The van der Waals surface area contributed by atoms with Crippen LogP contribution in [-0.2, 0) is 10.0 Å². The molecule has 1 fully saturated rings. The molecule has 0 amide bonds. The Bertz CT molecular complexity index is 796. The first kappa shape index (κ1) is 17.9. The molecular weight excluding hydrogens is 334 g/mol. The van der Waals surface area contributed by atoms with Crippen LogP contribution in [-0.4, -0.2) is 37.6 Å². The van der Waals surface area contributed by atoms with Crippen molar-refractivity contribution < 1.29 is 8.42 Å². The number of nitrogens with one attached hydrogen (secondary N) is 1. The maximum Gasteiger partial charge on any atom is 0.230 e. The zero-order valence-electron chi connectivity index (χ0n) is 14.8. The van der Waals surface area contributed by atoms with E-state index in [1.807, 2.05) is 6.07 Å². The van der Waals surface area contributed by atoms with E-state index in [1.54, 1.807) is 12.3 Å². The molecule has 1 N–H and O–H groups in total. The van der Waals surface area contributed by atoms with Crippen molar-refractivity contribution in [2.75, 3.05) is 24.1 Å². The molecule has 134 valence electrons. The molecule has 1 saturated heterocycles. The van der Waals surface area contributed by atoms with E-state index >= 15 is 0 Å². The molecule has 0 aliphatic carbocycles. The van der Waals surface area contributed by atoms with E-state index in [4.69, 9.17) is 0 Å². The summed E-state index contributed by atoms with van der Waals surface area (Å²) < 4.78 is 24.8. The topological polar surface area (TPSA) is 62.3 Å². The van der Waals surface area contributed by atoms with Crippen molar-refractivity contribution in [3.8, 4) is 11.1 Å². The molecule has 0 radical (unpaired) electrons. The van der Waals surface area contributed by atoms with Gasteiger partial charge in [-0.15, -0.1) is 0 Å². The molecule has 1 aliphatic rings. The molecule has 1 aromatic carbocycles. The number of nitrogens with zero attached hydrogens (tertiary/aromatic N) is 2. The number of hydrogen-bond donors (Lipinski definition) is 1. The second-order valence-corrected chi connectivity index (χ2v) is 8.45. The van der Waals surface area contributed by atoms with Gasteiger partial charge in [-0.25, -0.2) is 13.4 Å². The lowest BCUT2D eigenvalue weighted by Gasteiger charge is -2.32. The predicted octanol–water partition coefficient (Wildman–Crippen LogP) is 3.67. The number of aromatic nitrogens is 1. The molecule has 1 aromatic heterocycles. The van der Waals surface area contributed by atoms with Crippen LogP contribution in [0, 0.1) is 0 Å². The number of piperidine rings is 1. The minimum atomic E-state index is -3.30. The number of pyridine rings is 1. The van der Waals surface area contributed by atoms with Crippen molar-refractivity contribution in [1.29, 1.82) is 0 Å². The van der Waals surface area contributed by atoms with Gasteiger partial charge in [0.25, 0.3) is 0 Å². The summed E-state index contributed by atoms with van der Waals surface area (Å²) in [5.74, 6) is 0.335. The molecule has 0 bridgehead atoms. The third kappa shape index (κ3) is 4.80. The van der Waals surface area contributed by atoms with Crippen LogP contribution in [0.25, 0.3) is 11.1 Å². The van der Waals surface area contributed by atoms with Crippen LogP contribution in [0.5, 0.6) is 0 Å². The average molecular weight is 359 g/mol. The summed E-state index contributed by atoms with van der Waals surface area (Å²) in [4.78, 5) is 6.72. The fraction of sp³-hybridized carbons (Fsp3) is 0.421. The first-order valence-corrected chi connectivity index (χ1v) is 10.6. The van der Waals surface area contributed by atoms with Gasteiger partial charge in [0.15, 0.2) is 0 Å². The second-order valence-electron chi connectivity index (χ2n) is 6.70. The van der Waals surface area contributed by atoms with Crippen LogP contribution in [0.4, 0.5) is 5.82 Å². The van der Waals surface area contributed by atoms with E-state index < -0.39 is 10.0 Å². The summed E-state index contributed by atoms with van der Waals surface area (Å²) in [5, 5.41) is 0. The van der Waals surface area contributed by atoms with Gasteiger partial charge >= 0.3 is 0 Å². The molecule has 0 saturated carbocycles. The highest BCUT2D eigenvalue weighted by Gasteiger charge is 2.17. The molecule has 2 heterocycles. The standard InChI is InChI=1S/C19H25N3O2S/c1-15(22-12-4-3-5-13-22)16-6-8-17(9-7-16)18-10-11-19(20-14-18)21-25(2,23)24/h6-11,14-15H,3-5,12-13H2,1-2H3,(H,20,21)/t15-/m1/s1. The van der Waals surface area contributed by atoms with E-state index in [-0.39, 0.29) is 0 Å². The van der Waals surface area contributed by atoms with Crippen molar-refractivity contribution in [1.82, 2.24) is 9.88 Å². The molecule has 5 nitrogen and oxygen atoms in total. The zero-order chi connectivity index (χ0) is 17.9. The summed E-state index contributed by atoms with van der Waals surface area (Å²) in [6.45, 7) is 4.64. The van der Waals surface area contributed by atoms with Crippen LogP contribution in [0.2, 0.25) is 0 Å². The normalized spacial score (nSPS) is 17.2. The first-order chi connectivity index (χ1) is 11.9. The maximum atomic E-state index is 11.2. The smallest absolute Gasteiger partial charge is 0.230 e. The lowest BCUT2D eigenvalue weighted by atomic mass is 10.00. The Morgan fingerprint density at radius 2 is 1.64 bits per heavy atom. The van der Waals surface area contributed by atoms with Crippen LogP contribution in [0.15, 0.2) is 42.6 Å². The van der Waals surface area contributed by atoms with Crippen LogP contribution >= 0.6 is 0 Å². The van der Waals surface area contributed by atoms with Crippen LogP contribution < -0.4 is 4.72 Å². The van der Waals surface area contributed by atoms with E-state index in [2.05, 4.69) is 45.8 Å². The van der Waals surface area contributed by atoms with Crippen molar-refractivity contribution in [3.63, 3.8) is 0 Å². The highest BCUT2D eigenvalue weighted by Crippen LogP contribution is 2.27. The second kappa shape index (κ2) is 7.54. The number of hydrogen-bond acceptors (Lipinski definition) is 4. The summed E-state index contributed by atoms with van der Waals surface area (Å²) >= 11 is 0. The van der Waals surface area contributed by atoms with Gasteiger partial charge in [0.1, 0.15) is 5.82 Å². The molecule has 1 aliphatic heterocycles. The highest BCUT2D eigenvalue weighted by atomic mass is 32.2. The van der Waals surface area contributed by atoms with E-state index in [0.29, 0.717) is 11.9 Å². The van der Waals surface area contributed by atoms with E-state index in [9.17, 15) is 8.42 Å². The van der Waals surface area contributed by atoms with Crippen molar-refractivity contribution in [2.24, 2.45) is 0 Å². The van der Waals surface area contributed by atoms with Gasteiger partial charge in [0.05, 0.1) is 6.26 Å². The largest absolute Gasteiger partial charge is 0.297 e. The van der Waals surface area contributed by atoms with Crippen molar-refractivity contribution >= 4 is 15.8 Å². The Morgan fingerprint density at radius 3 is 2.20 bits per heavy atom. The Morgan fingerprint density at radius 1 is 1.00 bits per heavy atom. The summed E-state index contributed by atoms with van der Waals surface area (Å²) in [5.41, 5.74) is 3.37. The Labute approximate surface area is 150 Å². The van der Waals surface area contributed by atoms with Gasteiger partial charge in [0, 0.05) is 17.8 Å². The molecule has 6 heteroatoms. The van der Waals surface area contributed by atoms with E-state index in [0.717, 1.165) is 17.4 Å². The molecule has 0 spiro atoms. The third-order valence-electron chi connectivity index (χ3n) is 4.72. The predicted molar refractivity (Wildman–Crippen MR) is 102 cm³/mol. The summed E-state index contributed by atoms with van der Waals surface area (Å²) in [6, 6.07) is 12.6. The molecule has 2 aromatic rings. The number of benzene rings is 1. The number of rotatable bonds is 5. The quantitative estimate of drug-likeness (QED) is 0.885. The monoisotopic (exact) mass is 359 g/mol. The summed E-state index contributed by atoms with van der Waals surface area (Å²) in [6.07, 6.45) is 6.74.